The van der Waals surface area contributed by atoms with E-state index >= 15 is 0 Å². The summed E-state index contributed by atoms with van der Waals surface area (Å²) in [6, 6.07) is 22.4. The van der Waals surface area contributed by atoms with Crippen LogP contribution in [0.25, 0.3) is 0 Å². The molecule has 0 aromatic heterocycles. The highest BCUT2D eigenvalue weighted by molar-refractivity contribution is 14.1. The van der Waals surface area contributed by atoms with Crippen LogP contribution in [0.4, 0.5) is 11.4 Å². The van der Waals surface area contributed by atoms with Crippen molar-refractivity contribution in [1.82, 2.24) is 0 Å². The van der Waals surface area contributed by atoms with Crippen molar-refractivity contribution < 1.29 is 9.59 Å². The zero-order valence-electron chi connectivity index (χ0n) is 16.2. The first kappa shape index (κ1) is 22.7. The molecule has 3 aromatic rings. The number of benzene rings is 3. The third kappa shape index (κ3) is 7.04. The van der Waals surface area contributed by atoms with Crippen molar-refractivity contribution in [2.45, 2.75) is 23.5 Å². The van der Waals surface area contributed by atoms with Crippen LogP contribution >= 0.6 is 46.0 Å². The molecule has 0 saturated carbocycles. The first-order valence-corrected chi connectivity index (χ1v) is 11.6. The van der Waals surface area contributed by atoms with Crippen molar-refractivity contribution in [2.75, 3.05) is 10.6 Å². The van der Waals surface area contributed by atoms with Gasteiger partial charge in [0, 0.05) is 24.9 Å². The zero-order valence-corrected chi connectivity index (χ0v) is 19.9. The lowest BCUT2D eigenvalue weighted by Gasteiger charge is -2.13. The molecule has 2 amide bonds. The van der Waals surface area contributed by atoms with E-state index in [-0.39, 0.29) is 23.5 Å². The molecule has 0 bridgehead atoms. The summed E-state index contributed by atoms with van der Waals surface area (Å²) in [7, 11) is 0. The molecule has 0 aliphatic heterocycles. The van der Waals surface area contributed by atoms with E-state index in [2.05, 4.69) is 33.2 Å². The summed E-state index contributed by atoms with van der Waals surface area (Å²) in [5.41, 5.74) is 2.40. The standard InChI is InChI=1S/C23H20ClIN2O2S/c1-15(23(29)27-20-8-6-18(25)7-9-20)30-21-12-10-19(11-13-21)26-22(28)14-16-2-4-17(24)5-3-16/h2-13,15H,14H2,1H3,(H,26,28)(H,27,29). The number of amides is 2. The summed E-state index contributed by atoms with van der Waals surface area (Å²) >= 11 is 9.56. The summed E-state index contributed by atoms with van der Waals surface area (Å²) < 4.78 is 1.12. The predicted octanol–water partition coefficient (Wildman–Crippen LogP) is 6.25. The smallest absolute Gasteiger partial charge is 0.237 e. The molecule has 1 atom stereocenters. The number of carbonyl (C=O) groups is 2. The van der Waals surface area contributed by atoms with Crippen LogP contribution < -0.4 is 10.6 Å². The molecule has 0 spiro atoms. The Morgan fingerprint density at radius 3 is 2.10 bits per heavy atom. The van der Waals surface area contributed by atoms with Crippen LogP contribution in [-0.2, 0) is 16.0 Å². The Hall–Kier alpha value is -2.03. The normalized spacial score (nSPS) is 11.6. The highest BCUT2D eigenvalue weighted by Gasteiger charge is 2.15. The van der Waals surface area contributed by atoms with E-state index in [1.165, 1.54) is 11.8 Å². The molecule has 2 N–H and O–H groups in total. The topological polar surface area (TPSA) is 58.2 Å². The number of hydrogen-bond acceptors (Lipinski definition) is 3. The van der Waals surface area contributed by atoms with Crippen LogP contribution in [0.2, 0.25) is 5.02 Å². The van der Waals surface area contributed by atoms with E-state index in [0.717, 1.165) is 19.7 Å². The minimum absolute atomic E-state index is 0.0541. The third-order valence-electron chi connectivity index (χ3n) is 4.21. The maximum absolute atomic E-state index is 12.4. The van der Waals surface area contributed by atoms with Gasteiger partial charge < -0.3 is 10.6 Å². The zero-order chi connectivity index (χ0) is 21.5. The van der Waals surface area contributed by atoms with Gasteiger partial charge in [-0.1, -0.05) is 23.7 Å². The van der Waals surface area contributed by atoms with Crippen LogP contribution in [0, 0.1) is 3.57 Å². The molecule has 154 valence electrons. The van der Waals surface area contributed by atoms with Crippen molar-refractivity contribution in [3.63, 3.8) is 0 Å². The number of anilines is 2. The van der Waals surface area contributed by atoms with E-state index in [0.29, 0.717) is 10.7 Å². The Balaban J connectivity index is 1.50. The molecule has 0 heterocycles. The predicted molar refractivity (Wildman–Crippen MR) is 133 cm³/mol. The fourth-order valence-electron chi connectivity index (χ4n) is 2.64. The van der Waals surface area contributed by atoms with Gasteiger partial charge in [-0.15, -0.1) is 11.8 Å². The lowest BCUT2D eigenvalue weighted by atomic mass is 10.1. The van der Waals surface area contributed by atoms with Gasteiger partial charge in [-0.05, 0) is 95.7 Å². The molecule has 4 nitrogen and oxygen atoms in total. The van der Waals surface area contributed by atoms with Gasteiger partial charge in [0.05, 0.1) is 11.7 Å². The van der Waals surface area contributed by atoms with Crippen molar-refractivity contribution in [2.24, 2.45) is 0 Å². The fraction of sp³-hybridized carbons (Fsp3) is 0.130. The SMILES string of the molecule is CC(Sc1ccc(NC(=O)Cc2ccc(Cl)cc2)cc1)C(=O)Nc1ccc(I)cc1. The molecular weight excluding hydrogens is 531 g/mol. The van der Waals surface area contributed by atoms with Gasteiger partial charge in [0.25, 0.3) is 0 Å². The summed E-state index contributed by atoms with van der Waals surface area (Å²) in [6.07, 6.45) is 0.281. The van der Waals surface area contributed by atoms with Crippen molar-refractivity contribution in [3.05, 3.63) is 87.0 Å². The Morgan fingerprint density at radius 1 is 0.900 bits per heavy atom. The minimum Gasteiger partial charge on any atom is -0.326 e. The molecule has 0 fully saturated rings. The second-order valence-electron chi connectivity index (χ2n) is 6.63. The van der Waals surface area contributed by atoms with Gasteiger partial charge in [0.1, 0.15) is 0 Å². The van der Waals surface area contributed by atoms with Gasteiger partial charge in [0.15, 0.2) is 0 Å². The van der Waals surface area contributed by atoms with Gasteiger partial charge in [-0.2, -0.15) is 0 Å². The van der Waals surface area contributed by atoms with E-state index < -0.39 is 0 Å². The molecule has 0 saturated heterocycles. The largest absolute Gasteiger partial charge is 0.326 e. The highest BCUT2D eigenvalue weighted by atomic mass is 127. The first-order valence-electron chi connectivity index (χ1n) is 9.26. The number of rotatable bonds is 7. The number of thioether (sulfide) groups is 1. The molecule has 0 aliphatic rings. The lowest BCUT2D eigenvalue weighted by molar-refractivity contribution is -0.116. The quantitative estimate of drug-likeness (QED) is 0.270. The summed E-state index contributed by atoms with van der Waals surface area (Å²) in [5.74, 6) is -0.149. The van der Waals surface area contributed by atoms with Gasteiger partial charge >= 0.3 is 0 Å². The van der Waals surface area contributed by atoms with Crippen molar-refractivity contribution in [3.8, 4) is 0 Å². The number of hydrogen-bond donors (Lipinski definition) is 2. The lowest BCUT2D eigenvalue weighted by Crippen LogP contribution is -2.22. The van der Waals surface area contributed by atoms with Crippen molar-refractivity contribution >= 4 is 69.1 Å². The Labute approximate surface area is 198 Å². The summed E-state index contributed by atoms with van der Waals surface area (Å²) in [5, 5.41) is 6.20. The third-order valence-corrected chi connectivity index (χ3v) is 6.29. The van der Waals surface area contributed by atoms with Gasteiger partial charge in [-0.3, -0.25) is 9.59 Å². The van der Waals surface area contributed by atoms with Gasteiger partial charge in [-0.25, -0.2) is 0 Å². The molecule has 3 aromatic carbocycles. The fourth-order valence-corrected chi connectivity index (χ4v) is 4.00. The van der Waals surface area contributed by atoms with Crippen LogP contribution in [0.3, 0.4) is 0 Å². The Kier molecular flexibility index (Phi) is 8.18. The van der Waals surface area contributed by atoms with Crippen LogP contribution in [0.15, 0.2) is 77.7 Å². The molecule has 0 aliphatic carbocycles. The second-order valence-corrected chi connectivity index (χ2v) is 9.73. The summed E-state index contributed by atoms with van der Waals surface area (Å²) in [6.45, 7) is 1.87. The average Bonchev–Trinajstić information content (AvgIpc) is 2.73. The van der Waals surface area contributed by atoms with Crippen molar-refractivity contribution in [1.29, 1.82) is 0 Å². The number of halogens is 2. The maximum Gasteiger partial charge on any atom is 0.237 e. The van der Waals surface area contributed by atoms with E-state index in [9.17, 15) is 9.59 Å². The monoisotopic (exact) mass is 550 g/mol. The van der Waals surface area contributed by atoms with E-state index in [1.807, 2.05) is 67.6 Å². The second kappa shape index (κ2) is 10.8. The highest BCUT2D eigenvalue weighted by Crippen LogP contribution is 2.26. The number of nitrogens with one attached hydrogen (secondary N) is 2. The Morgan fingerprint density at radius 2 is 1.47 bits per heavy atom. The van der Waals surface area contributed by atoms with E-state index in [1.54, 1.807) is 12.1 Å². The van der Waals surface area contributed by atoms with E-state index in [4.69, 9.17) is 11.6 Å². The summed E-state index contributed by atoms with van der Waals surface area (Å²) in [4.78, 5) is 25.6. The number of carbonyl (C=O) groups excluding carboxylic acids is 2. The first-order chi connectivity index (χ1) is 14.4. The minimum atomic E-state index is -0.255. The van der Waals surface area contributed by atoms with Crippen LogP contribution in [-0.4, -0.2) is 17.1 Å². The molecule has 30 heavy (non-hydrogen) atoms. The molecule has 7 heteroatoms. The maximum atomic E-state index is 12.4. The molecule has 3 rings (SSSR count). The molecule has 1 unspecified atom stereocenters. The Bertz CT molecular complexity index is 1010. The van der Waals surface area contributed by atoms with Gasteiger partial charge in [0.2, 0.25) is 11.8 Å². The van der Waals surface area contributed by atoms with Crippen LogP contribution in [0.5, 0.6) is 0 Å². The van der Waals surface area contributed by atoms with Crippen LogP contribution in [0.1, 0.15) is 12.5 Å². The molecule has 0 radical (unpaired) electrons. The molecular formula is C23H20ClIN2O2S. The average molecular weight is 551 g/mol.